The summed E-state index contributed by atoms with van der Waals surface area (Å²) in [6.45, 7) is 1.49. The molecular formula is C29H37ClN4O3. The first-order valence-electron chi connectivity index (χ1n) is 13.4. The smallest absolute Gasteiger partial charge is 0.222 e. The number of rotatable bonds is 11. The van der Waals surface area contributed by atoms with Crippen LogP contribution in [0.5, 0.6) is 0 Å². The lowest BCUT2D eigenvalue weighted by atomic mass is 9.94. The lowest BCUT2D eigenvalue weighted by molar-refractivity contribution is -0.131. The fourth-order valence-electron chi connectivity index (χ4n) is 5.08. The van der Waals surface area contributed by atoms with Gasteiger partial charge in [-0.25, -0.2) is 9.97 Å². The summed E-state index contributed by atoms with van der Waals surface area (Å²) in [5, 5.41) is 11.4. The van der Waals surface area contributed by atoms with Gasteiger partial charge >= 0.3 is 0 Å². The van der Waals surface area contributed by atoms with E-state index in [1.54, 1.807) is 0 Å². The minimum Gasteiger partial charge on any atom is -0.368 e. The number of hydrogen-bond donors (Lipinski definition) is 1. The van der Waals surface area contributed by atoms with E-state index in [0.717, 1.165) is 85.5 Å². The van der Waals surface area contributed by atoms with Crippen molar-refractivity contribution < 1.29 is 14.6 Å². The van der Waals surface area contributed by atoms with Crippen LogP contribution in [0.1, 0.15) is 74.4 Å². The zero-order valence-electron chi connectivity index (χ0n) is 21.6. The summed E-state index contributed by atoms with van der Waals surface area (Å²) in [5.74, 6) is 1.29. The maximum atomic E-state index is 12.7. The number of aryl methyl sites for hydroxylation is 2. The Morgan fingerprint density at radius 3 is 2.81 bits per heavy atom. The number of halogens is 1. The molecule has 198 valence electrons. The monoisotopic (exact) mass is 524 g/mol. The number of aliphatic hydroxyl groups is 1. The van der Waals surface area contributed by atoms with Gasteiger partial charge in [0.1, 0.15) is 5.82 Å². The van der Waals surface area contributed by atoms with E-state index in [9.17, 15) is 9.90 Å². The molecule has 1 aliphatic heterocycles. The van der Waals surface area contributed by atoms with Crippen molar-refractivity contribution in [1.82, 2.24) is 19.9 Å². The average molecular weight is 525 g/mol. The highest BCUT2D eigenvalue weighted by Crippen LogP contribution is 2.31. The Bertz CT molecular complexity index is 1170. The van der Waals surface area contributed by atoms with Gasteiger partial charge in [0, 0.05) is 61.8 Å². The van der Waals surface area contributed by atoms with Gasteiger partial charge in [-0.1, -0.05) is 29.8 Å². The largest absolute Gasteiger partial charge is 0.368 e. The fourth-order valence-corrected chi connectivity index (χ4v) is 5.31. The highest BCUT2D eigenvalue weighted by atomic mass is 35.5. The summed E-state index contributed by atoms with van der Waals surface area (Å²) in [6, 6.07) is 9.98. The van der Waals surface area contributed by atoms with Crippen molar-refractivity contribution in [3.63, 3.8) is 0 Å². The number of amides is 1. The molecule has 3 heterocycles. The van der Waals surface area contributed by atoms with Gasteiger partial charge in [-0.05, 0) is 69.1 Å². The van der Waals surface area contributed by atoms with E-state index < -0.39 is 6.29 Å². The highest BCUT2D eigenvalue weighted by Gasteiger charge is 2.24. The summed E-state index contributed by atoms with van der Waals surface area (Å²) in [6.07, 6.45) is 11.2. The molecule has 1 aliphatic rings. The van der Waals surface area contributed by atoms with Crippen molar-refractivity contribution in [2.75, 3.05) is 20.2 Å². The number of aliphatic hydroxyl groups excluding tert-OH is 1. The van der Waals surface area contributed by atoms with Gasteiger partial charge in [0.15, 0.2) is 6.29 Å². The molecule has 3 aromatic rings. The maximum absolute atomic E-state index is 12.7. The molecule has 37 heavy (non-hydrogen) atoms. The molecular weight excluding hydrogens is 488 g/mol. The molecule has 0 aliphatic carbocycles. The molecule has 0 spiro atoms. The minimum atomic E-state index is -0.796. The van der Waals surface area contributed by atoms with Crippen LogP contribution in [0.4, 0.5) is 0 Å². The molecule has 2 unspecified atom stereocenters. The van der Waals surface area contributed by atoms with Crippen molar-refractivity contribution in [3.8, 4) is 0 Å². The van der Waals surface area contributed by atoms with Crippen LogP contribution in [-0.2, 0) is 22.4 Å². The van der Waals surface area contributed by atoms with Gasteiger partial charge in [0.25, 0.3) is 0 Å². The first-order chi connectivity index (χ1) is 18.0. The van der Waals surface area contributed by atoms with E-state index in [1.807, 2.05) is 41.6 Å². The van der Waals surface area contributed by atoms with Crippen LogP contribution in [0.25, 0.3) is 10.9 Å². The maximum Gasteiger partial charge on any atom is 0.222 e. The number of benzene rings is 1. The number of nitrogens with zero attached hydrogens (tertiary/aromatic N) is 4. The van der Waals surface area contributed by atoms with Gasteiger partial charge in [-0.2, -0.15) is 0 Å². The number of methoxy groups -OCH3 is 1. The van der Waals surface area contributed by atoms with E-state index >= 15 is 0 Å². The molecule has 8 heteroatoms. The molecule has 2 atom stereocenters. The number of carbonyl (C=O) groups excluding carboxylic acids is 1. The van der Waals surface area contributed by atoms with Crippen LogP contribution >= 0.6 is 11.6 Å². The van der Waals surface area contributed by atoms with E-state index in [4.69, 9.17) is 26.3 Å². The zero-order valence-corrected chi connectivity index (χ0v) is 22.4. The van der Waals surface area contributed by atoms with Crippen LogP contribution in [0.2, 0.25) is 5.02 Å². The molecule has 1 aromatic carbocycles. The number of aromatic nitrogens is 3. The Morgan fingerprint density at radius 2 is 1.97 bits per heavy atom. The lowest BCUT2D eigenvalue weighted by Crippen LogP contribution is -2.32. The molecule has 1 N–H and O–H groups in total. The molecule has 7 nitrogen and oxygen atoms in total. The topological polar surface area (TPSA) is 88.4 Å². The number of unbranched alkanes of at least 4 members (excludes halogenated alkanes) is 1. The lowest BCUT2D eigenvalue weighted by Gasteiger charge is -2.21. The number of ether oxygens (including phenoxy) is 1. The first-order valence-corrected chi connectivity index (χ1v) is 13.8. The summed E-state index contributed by atoms with van der Waals surface area (Å²) in [5.41, 5.74) is 3.17. The second-order valence-electron chi connectivity index (χ2n) is 9.80. The minimum absolute atomic E-state index is 0.150. The van der Waals surface area contributed by atoms with E-state index in [0.29, 0.717) is 19.3 Å². The highest BCUT2D eigenvalue weighted by molar-refractivity contribution is 6.31. The Kier molecular flexibility index (Phi) is 10.2. The molecule has 2 aromatic heterocycles. The summed E-state index contributed by atoms with van der Waals surface area (Å²) in [4.78, 5) is 28.9. The first kappa shape index (κ1) is 27.4. The van der Waals surface area contributed by atoms with Crippen molar-refractivity contribution in [1.29, 1.82) is 0 Å². The van der Waals surface area contributed by atoms with E-state index in [-0.39, 0.29) is 11.8 Å². The van der Waals surface area contributed by atoms with Gasteiger partial charge < -0.3 is 14.7 Å². The third-order valence-corrected chi connectivity index (χ3v) is 7.59. The number of pyridine rings is 1. The van der Waals surface area contributed by atoms with Crippen LogP contribution in [-0.4, -0.2) is 57.4 Å². The van der Waals surface area contributed by atoms with Crippen molar-refractivity contribution in [3.05, 3.63) is 64.8 Å². The molecule has 0 saturated carbocycles. The van der Waals surface area contributed by atoms with Gasteiger partial charge in [-0.15, -0.1) is 0 Å². The number of hydrogen-bond acceptors (Lipinski definition) is 6. The SMILES string of the molecule is COC(O)CCCC(=O)N1CCCC(c2nccc3nc(CCCCc4ccccc4Cl)ncc23)CC1. The number of carbonyl (C=O) groups is 1. The van der Waals surface area contributed by atoms with Gasteiger partial charge in [0.05, 0.1) is 11.2 Å². The second kappa shape index (κ2) is 13.8. The molecule has 0 radical (unpaired) electrons. The molecule has 1 amide bonds. The standard InChI is InChI=1S/C29H37ClN4O3/c1-37-28(36)14-6-13-27(35)34-18-7-10-22(16-19-34)29-23-20-32-26(33-25(23)15-17-31-29)12-5-3-9-21-8-2-4-11-24(21)30/h2,4,8,11,15,17,20,22,28,36H,3,5-7,9-10,12-14,16,18-19H2,1H3. The van der Waals surface area contributed by atoms with Crippen LogP contribution in [0, 0.1) is 0 Å². The average Bonchev–Trinajstić information content (AvgIpc) is 3.18. The summed E-state index contributed by atoms with van der Waals surface area (Å²) < 4.78 is 4.86. The number of likely N-dealkylation sites (tertiary alicyclic amines) is 1. The van der Waals surface area contributed by atoms with Crippen LogP contribution < -0.4 is 0 Å². The van der Waals surface area contributed by atoms with Crippen molar-refractivity contribution >= 4 is 28.4 Å². The van der Waals surface area contributed by atoms with E-state index in [2.05, 4.69) is 11.1 Å². The van der Waals surface area contributed by atoms with Crippen molar-refractivity contribution in [2.45, 2.75) is 76.4 Å². The third-order valence-electron chi connectivity index (χ3n) is 7.23. The van der Waals surface area contributed by atoms with Gasteiger partial charge in [-0.3, -0.25) is 9.78 Å². The van der Waals surface area contributed by atoms with Crippen molar-refractivity contribution in [2.24, 2.45) is 0 Å². The predicted octanol–water partition coefficient (Wildman–Crippen LogP) is 5.47. The molecule has 4 rings (SSSR count). The Morgan fingerprint density at radius 1 is 1.14 bits per heavy atom. The Hall–Kier alpha value is -2.61. The normalized spacial score (nSPS) is 17.1. The zero-order chi connectivity index (χ0) is 26.0. The Labute approximate surface area is 224 Å². The second-order valence-corrected chi connectivity index (χ2v) is 10.2. The Balaban J connectivity index is 1.32. The summed E-state index contributed by atoms with van der Waals surface area (Å²) in [7, 11) is 1.47. The van der Waals surface area contributed by atoms with E-state index in [1.165, 1.54) is 12.7 Å². The predicted molar refractivity (Wildman–Crippen MR) is 145 cm³/mol. The van der Waals surface area contributed by atoms with Crippen LogP contribution in [0.3, 0.4) is 0 Å². The fraction of sp³-hybridized carbons (Fsp3) is 0.517. The molecule has 1 saturated heterocycles. The molecule has 1 fully saturated rings. The molecule has 0 bridgehead atoms. The number of fused-ring (bicyclic) bond motifs is 1. The van der Waals surface area contributed by atoms with Crippen LogP contribution in [0.15, 0.2) is 42.7 Å². The quantitative estimate of drug-likeness (QED) is 0.264. The summed E-state index contributed by atoms with van der Waals surface area (Å²) >= 11 is 6.27. The van der Waals surface area contributed by atoms with Gasteiger partial charge in [0.2, 0.25) is 5.91 Å². The third kappa shape index (κ3) is 7.69.